The van der Waals surface area contributed by atoms with E-state index in [2.05, 4.69) is 41.4 Å². The molecule has 8 aromatic rings. The third kappa shape index (κ3) is 12.0. The molecule has 66 heavy (non-hydrogen) atoms. The molecule has 4 aromatic heterocycles. The third-order valence-electron chi connectivity index (χ3n) is 10.1. The highest BCUT2D eigenvalue weighted by Gasteiger charge is 2.15. The number of carbonyl (C=O) groups excluding carboxylic acids is 2. The first-order valence-electron chi connectivity index (χ1n) is 20.4. The number of benzene rings is 4. The van der Waals surface area contributed by atoms with Crippen LogP contribution >= 0.6 is 0 Å². The zero-order valence-corrected chi connectivity index (χ0v) is 38.6. The lowest BCUT2D eigenvalue weighted by Crippen LogP contribution is -2.24. The molecule has 4 heterocycles. The Hall–Kier alpha value is -7.52. The number of hydrogen-bond acceptors (Lipinski definition) is 12. The predicted octanol–water partition coefficient (Wildman–Crippen LogP) is 6.98. The summed E-state index contributed by atoms with van der Waals surface area (Å²) in [5, 5.41) is 21.1. The maximum Gasteiger partial charge on any atom is 0.245 e. The molecule has 340 valence electrons. The highest BCUT2D eigenvalue weighted by atomic mass is 32.2. The van der Waals surface area contributed by atoms with Crippen LogP contribution in [0.4, 0.5) is 34.6 Å². The van der Waals surface area contributed by atoms with Crippen molar-refractivity contribution in [2.45, 2.75) is 26.9 Å². The van der Waals surface area contributed by atoms with Gasteiger partial charge in [-0.05, 0) is 83.9 Å². The number of amides is 2. The summed E-state index contributed by atoms with van der Waals surface area (Å²) >= 11 is 0. The molecule has 4 aromatic carbocycles. The largest absolute Gasteiger partial charge is 0.326 e. The first-order valence-corrected chi connectivity index (χ1v) is 24.1. The van der Waals surface area contributed by atoms with Gasteiger partial charge in [-0.2, -0.15) is 0 Å². The van der Waals surface area contributed by atoms with Gasteiger partial charge < -0.3 is 21.3 Å². The molecule has 0 unspecified atom stereocenters. The number of sulfonamides is 2. The Morgan fingerprint density at radius 2 is 0.909 bits per heavy atom. The lowest BCUT2D eigenvalue weighted by atomic mass is 10.1. The van der Waals surface area contributed by atoms with Gasteiger partial charge in [0.25, 0.3) is 0 Å². The van der Waals surface area contributed by atoms with Crippen LogP contribution in [0.2, 0.25) is 0 Å². The summed E-state index contributed by atoms with van der Waals surface area (Å²) in [6, 6.07) is 37.7. The highest BCUT2D eigenvalue weighted by Crippen LogP contribution is 2.27. The van der Waals surface area contributed by atoms with Crippen LogP contribution in [0.1, 0.15) is 25.0 Å². The fourth-order valence-electron chi connectivity index (χ4n) is 6.78. The van der Waals surface area contributed by atoms with Gasteiger partial charge in [-0.25, -0.2) is 44.4 Å². The van der Waals surface area contributed by atoms with Crippen molar-refractivity contribution >= 4 is 77.5 Å². The van der Waals surface area contributed by atoms with Gasteiger partial charge in [-0.1, -0.05) is 48.5 Å². The van der Waals surface area contributed by atoms with E-state index in [0.717, 1.165) is 56.0 Å². The van der Waals surface area contributed by atoms with Crippen molar-refractivity contribution in [1.82, 2.24) is 37.8 Å². The van der Waals surface area contributed by atoms with Gasteiger partial charge in [0.05, 0.1) is 47.3 Å². The molecule has 0 radical (unpaired) electrons. The predicted molar refractivity (Wildman–Crippen MR) is 258 cm³/mol. The van der Waals surface area contributed by atoms with E-state index < -0.39 is 20.0 Å². The maximum atomic E-state index is 11.8. The van der Waals surface area contributed by atoms with Crippen molar-refractivity contribution in [3.63, 3.8) is 0 Å². The summed E-state index contributed by atoms with van der Waals surface area (Å²) in [4.78, 5) is 31.4. The fourth-order valence-corrected chi connectivity index (χ4v) is 7.54. The zero-order chi connectivity index (χ0) is 47.2. The molecule has 0 aliphatic rings. The van der Waals surface area contributed by atoms with Crippen LogP contribution in [0.15, 0.2) is 134 Å². The van der Waals surface area contributed by atoms with Crippen molar-refractivity contribution in [2.75, 3.05) is 47.9 Å². The Morgan fingerprint density at radius 3 is 1.29 bits per heavy atom. The summed E-state index contributed by atoms with van der Waals surface area (Å²) in [5.74, 6) is 0.499. The molecular weight excluding hydrogens is 881 g/mol. The molecule has 0 fully saturated rings. The van der Waals surface area contributed by atoms with Gasteiger partial charge in [-0.15, -0.1) is 10.2 Å². The molecule has 0 aliphatic carbocycles. The maximum absolute atomic E-state index is 11.8. The van der Waals surface area contributed by atoms with E-state index in [-0.39, 0.29) is 24.9 Å². The molecule has 8 rings (SSSR count). The van der Waals surface area contributed by atoms with Crippen LogP contribution in [0.25, 0.3) is 33.5 Å². The standard InChI is InChI=1S/2C23H24N6O3S/c2*1-16(30)25-19-8-5-9-20(13-19)26-23-24-14-21-10-11-22(29(21)27-23)18-7-4-6-17(12-18)15-28(2)33(3,31)32/h2*4-14H,15H2,1-3H3,(H,25,30)(H,26,27). The van der Waals surface area contributed by atoms with Crippen molar-refractivity contribution in [2.24, 2.45) is 0 Å². The number of nitrogens with zero attached hydrogens (tertiary/aromatic N) is 8. The molecule has 0 atom stereocenters. The molecular formula is C46H48N12O6S2. The number of rotatable bonds is 14. The Balaban J connectivity index is 0.000000196. The second-order valence-electron chi connectivity index (χ2n) is 15.5. The number of nitrogens with one attached hydrogen (secondary N) is 4. The number of anilines is 6. The molecule has 0 saturated heterocycles. The van der Waals surface area contributed by atoms with Crippen molar-refractivity contribution in [1.29, 1.82) is 0 Å². The zero-order valence-electron chi connectivity index (χ0n) is 37.0. The molecule has 4 N–H and O–H groups in total. The van der Waals surface area contributed by atoms with Crippen LogP contribution in [0.5, 0.6) is 0 Å². The van der Waals surface area contributed by atoms with Gasteiger partial charge in [0.2, 0.25) is 43.8 Å². The fraction of sp³-hybridized carbons (Fsp3) is 0.174. The molecule has 0 saturated carbocycles. The van der Waals surface area contributed by atoms with Gasteiger partial charge >= 0.3 is 0 Å². The normalized spacial score (nSPS) is 11.6. The first-order chi connectivity index (χ1) is 31.4. The minimum Gasteiger partial charge on any atom is -0.326 e. The van der Waals surface area contributed by atoms with Crippen LogP contribution in [-0.4, -0.2) is 93.1 Å². The first kappa shape index (κ1) is 46.5. The summed E-state index contributed by atoms with van der Waals surface area (Å²) in [5.41, 5.74) is 9.73. The Kier molecular flexibility index (Phi) is 13.9. The molecule has 0 spiro atoms. The molecule has 0 bridgehead atoms. The highest BCUT2D eigenvalue weighted by molar-refractivity contribution is 7.88. The van der Waals surface area contributed by atoms with E-state index in [1.54, 1.807) is 59.8 Å². The topological polar surface area (TPSA) is 217 Å². The SMILES string of the molecule is CC(=O)Nc1cccc(Nc2ncc3ccc(-c4cccc(CN(C)S(C)(=O)=O)c4)n3n2)c1.CC(=O)Nc1cccc(Nc2ncc3ccc(-c4cccc(CN(C)S(C)(=O)=O)c4)n3n2)c1. The quantitative estimate of drug-likeness (QED) is 0.0869. The van der Waals surface area contributed by atoms with Gasteiger partial charge in [-0.3, -0.25) is 9.59 Å². The van der Waals surface area contributed by atoms with Gasteiger partial charge in [0.1, 0.15) is 0 Å². The third-order valence-corrected chi connectivity index (χ3v) is 12.6. The van der Waals surface area contributed by atoms with Crippen LogP contribution < -0.4 is 21.3 Å². The van der Waals surface area contributed by atoms with Gasteiger partial charge in [0.15, 0.2) is 0 Å². The average Bonchev–Trinajstić information content (AvgIpc) is 3.87. The minimum atomic E-state index is -3.27. The number of aromatic nitrogens is 6. The van der Waals surface area contributed by atoms with Gasteiger partial charge in [0, 0.05) is 74.9 Å². The average molecular weight is 929 g/mol. The second kappa shape index (κ2) is 19.7. The van der Waals surface area contributed by atoms with Crippen molar-refractivity contribution in [3.05, 3.63) is 145 Å². The Morgan fingerprint density at radius 1 is 0.530 bits per heavy atom. The molecule has 20 heteroatoms. The lowest BCUT2D eigenvalue weighted by Gasteiger charge is -2.14. The van der Waals surface area contributed by atoms with E-state index in [9.17, 15) is 26.4 Å². The van der Waals surface area contributed by atoms with Crippen LogP contribution in [-0.2, 0) is 42.7 Å². The van der Waals surface area contributed by atoms with E-state index in [1.165, 1.54) is 35.0 Å². The Bertz CT molecular complexity index is 3080. The second-order valence-corrected chi connectivity index (χ2v) is 19.7. The molecule has 2 amide bonds. The number of carbonyl (C=O) groups is 2. The lowest BCUT2D eigenvalue weighted by molar-refractivity contribution is -0.115. The Labute approximate surface area is 382 Å². The van der Waals surface area contributed by atoms with Crippen LogP contribution in [0.3, 0.4) is 0 Å². The van der Waals surface area contributed by atoms with E-state index in [4.69, 9.17) is 0 Å². The van der Waals surface area contributed by atoms with Crippen LogP contribution in [0, 0.1) is 0 Å². The minimum absolute atomic E-state index is 0.147. The van der Waals surface area contributed by atoms with Crippen molar-refractivity contribution < 1.29 is 26.4 Å². The van der Waals surface area contributed by atoms with Crippen molar-refractivity contribution in [3.8, 4) is 22.5 Å². The summed E-state index contributed by atoms with van der Waals surface area (Å²) in [6.45, 7) is 3.47. The number of hydrogen-bond donors (Lipinski definition) is 4. The molecule has 0 aliphatic heterocycles. The molecule has 18 nitrogen and oxygen atoms in total. The van der Waals surface area contributed by atoms with E-state index >= 15 is 0 Å². The summed E-state index contributed by atoms with van der Waals surface area (Å²) in [6.07, 6.45) is 5.82. The van der Waals surface area contributed by atoms with E-state index in [0.29, 0.717) is 23.3 Å². The smallest absolute Gasteiger partial charge is 0.245 e. The summed E-state index contributed by atoms with van der Waals surface area (Å²) in [7, 11) is -3.43. The number of fused-ring (bicyclic) bond motifs is 2. The summed E-state index contributed by atoms with van der Waals surface area (Å²) < 4.78 is 53.2. The van der Waals surface area contributed by atoms with E-state index in [1.807, 2.05) is 97.1 Å². The monoisotopic (exact) mass is 928 g/mol.